The average molecular weight is 373 g/mol. The molecule has 3 atom stereocenters. The molecule has 0 saturated heterocycles. The van der Waals surface area contributed by atoms with Crippen LogP contribution in [0.4, 0.5) is 0 Å². The average Bonchev–Trinajstić information content (AvgIpc) is 3.28. The fourth-order valence-corrected chi connectivity index (χ4v) is 4.43. The van der Waals surface area contributed by atoms with Gasteiger partial charge in [-0.1, -0.05) is 6.07 Å². The first-order valence-electron chi connectivity index (χ1n) is 8.07. The SMILES string of the molecule is COc1ccc(C2C3(C#N)C(N)=[NH+]C(OC)(OC)C23C#N)c(OC)c1OC. The second-order valence-electron chi connectivity index (χ2n) is 6.26. The van der Waals surface area contributed by atoms with Crippen molar-refractivity contribution in [3.05, 3.63) is 17.7 Å². The van der Waals surface area contributed by atoms with E-state index in [1.807, 2.05) is 0 Å². The first-order valence-corrected chi connectivity index (χ1v) is 8.07. The van der Waals surface area contributed by atoms with Crippen LogP contribution in [0, 0.1) is 33.5 Å². The molecule has 1 aliphatic heterocycles. The molecule has 3 N–H and O–H groups in total. The molecule has 0 amide bonds. The monoisotopic (exact) mass is 373 g/mol. The Labute approximate surface area is 156 Å². The largest absolute Gasteiger partial charge is 0.493 e. The third-order valence-electron chi connectivity index (χ3n) is 5.62. The van der Waals surface area contributed by atoms with E-state index >= 15 is 0 Å². The van der Waals surface area contributed by atoms with Gasteiger partial charge in [-0.3, -0.25) is 5.73 Å². The standard InChI is InChI=1S/C18H20N4O5/c1-23-11-7-6-10(12(24-2)13(11)25-3)14-16(8-19)15(21)22-18(26-4,27-5)17(14,16)9-20/h6-7,14H,1-5H3,(H2,21,22)/p+1. The van der Waals surface area contributed by atoms with E-state index in [1.165, 1.54) is 35.5 Å². The van der Waals surface area contributed by atoms with Gasteiger partial charge in [0.2, 0.25) is 5.75 Å². The summed E-state index contributed by atoms with van der Waals surface area (Å²) in [5.74, 6) is -0.969. The maximum atomic E-state index is 10.1. The predicted molar refractivity (Wildman–Crippen MR) is 91.8 cm³/mol. The number of benzene rings is 1. The van der Waals surface area contributed by atoms with Crippen molar-refractivity contribution in [2.45, 2.75) is 11.8 Å². The Morgan fingerprint density at radius 3 is 2.04 bits per heavy atom. The van der Waals surface area contributed by atoms with Gasteiger partial charge in [-0.2, -0.15) is 10.5 Å². The molecule has 2 aliphatic rings. The van der Waals surface area contributed by atoms with E-state index < -0.39 is 22.7 Å². The van der Waals surface area contributed by atoms with E-state index in [-0.39, 0.29) is 5.84 Å². The van der Waals surface area contributed by atoms with Gasteiger partial charge in [-0.25, -0.2) is 4.99 Å². The summed E-state index contributed by atoms with van der Waals surface area (Å²) in [6, 6.07) is 7.86. The molecule has 1 aliphatic carbocycles. The molecular weight excluding hydrogens is 352 g/mol. The minimum atomic E-state index is -1.58. The lowest BCUT2D eigenvalue weighted by Crippen LogP contribution is -2.90. The maximum Gasteiger partial charge on any atom is 0.342 e. The molecule has 3 unspecified atom stereocenters. The Kier molecular flexibility index (Phi) is 4.18. The summed E-state index contributed by atoms with van der Waals surface area (Å²) in [6.07, 6.45) is 0. The highest BCUT2D eigenvalue weighted by Gasteiger charge is 2.97. The van der Waals surface area contributed by atoms with Crippen LogP contribution in [0.25, 0.3) is 0 Å². The number of rotatable bonds is 6. The molecule has 1 saturated carbocycles. The molecule has 27 heavy (non-hydrogen) atoms. The lowest BCUT2D eigenvalue weighted by atomic mass is 9.93. The van der Waals surface area contributed by atoms with Crippen molar-refractivity contribution >= 4 is 5.84 Å². The quantitative estimate of drug-likeness (QED) is 0.621. The maximum absolute atomic E-state index is 10.1. The number of ether oxygens (including phenoxy) is 5. The van der Waals surface area contributed by atoms with Gasteiger partial charge in [-0.05, 0) is 6.07 Å². The van der Waals surface area contributed by atoms with Gasteiger partial charge < -0.3 is 23.7 Å². The number of methoxy groups -OCH3 is 5. The van der Waals surface area contributed by atoms with E-state index in [1.54, 1.807) is 12.1 Å². The second-order valence-corrected chi connectivity index (χ2v) is 6.26. The van der Waals surface area contributed by atoms with Crippen molar-refractivity contribution in [2.75, 3.05) is 35.5 Å². The third-order valence-corrected chi connectivity index (χ3v) is 5.62. The normalized spacial score (nSPS) is 29.7. The number of nitrogens with one attached hydrogen (secondary N) is 1. The smallest absolute Gasteiger partial charge is 0.342 e. The van der Waals surface area contributed by atoms with Crippen molar-refractivity contribution in [3.8, 4) is 29.4 Å². The van der Waals surface area contributed by atoms with Crippen LogP contribution in [-0.2, 0) is 9.47 Å². The zero-order chi connectivity index (χ0) is 20.0. The molecule has 0 aromatic heterocycles. The molecule has 3 rings (SSSR count). The number of nitrogens with two attached hydrogens (primary N) is 1. The van der Waals surface area contributed by atoms with Gasteiger partial charge in [0, 0.05) is 19.8 Å². The summed E-state index contributed by atoms with van der Waals surface area (Å²) in [5.41, 5.74) is 3.96. The minimum Gasteiger partial charge on any atom is -0.493 e. The Morgan fingerprint density at radius 2 is 1.59 bits per heavy atom. The van der Waals surface area contributed by atoms with E-state index in [0.717, 1.165) is 0 Å². The van der Waals surface area contributed by atoms with Crippen molar-refractivity contribution in [1.82, 2.24) is 0 Å². The highest BCUT2D eigenvalue weighted by molar-refractivity contribution is 5.95. The van der Waals surface area contributed by atoms with Gasteiger partial charge in [0.05, 0.1) is 39.4 Å². The molecule has 9 heteroatoms. The van der Waals surface area contributed by atoms with Gasteiger partial charge in [-0.15, -0.1) is 0 Å². The fraction of sp³-hybridized carbons (Fsp3) is 0.500. The lowest BCUT2D eigenvalue weighted by molar-refractivity contribution is -0.687. The van der Waals surface area contributed by atoms with E-state index in [2.05, 4.69) is 17.1 Å². The van der Waals surface area contributed by atoms with Crippen LogP contribution in [0.1, 0.15) is 11.5 Å². The molecule has 9 nitrogen and oxygen atoms in total. The summed E-state index contributed by atoms with van der Waals surface area (Å²) in [7, 11) is 7.24. The topological polar surface area (TPSA) is 134 Å². The molecule has 142 valence electrons. The molecule has 1 fully saturated rings. The molecule has 1 aromatic carbocycles. The Bertz CT molecular complexity index is 898. The van der Waals surface area contributed by atoms with Gasteiger partial charge >= 0.3 is 5.91 Å². The fourth-order valence-electron chi connectivity index (χ4n) is 4.43. The Morgan fingerprint density at radius 1 is 0.963 bits per heavy atom. The molecule has 0 spiro atoms. The van der Waals surface area contributed by atoms with Gasteiger partial charge in [0.25, 0.3) is 5.84 Å². The highest BCUT2D eigenvalue weighted by Crippen LogP contribution is 2.79. The van der Waals surface area contributed by atoms with Crippen LogP contribution < -0.4 is 24.9 Å². The van der Waals surface area contributed by atoms with E-state index in [4.69, 9.17) is 29.4 Å². The van der Waals surface area contributed by atoms with Gasteiger partial charge in [0.15, 0.2) is 22.3 Å². The lowest BCUT2D eigenvalue weighted by Gasteiger charge is -2.27. The third kappa shape index (κ3) is 1.80. The number of hydrogen-bond donors (Lipinski definition) is 2. The van der Waals surface area contributed by atoms with E-state index in [9.17, 15) is 10.5 Å². The summed E-state index contributed by atoms with van der Waals surface area (Å²) in [5, 5.41) is 20.2. The van der Waals surface area contributed by atoms with Crippen LogP contribution >= 0.6 is 0 Å². The summed E-state index contributed by atoms with van der Waals surface area (Å²) < 4.78 is 27.3. The number of hydrogen-bond acceptors (Lipinski definition) is 8. The van der Waals surface area contributed by atoms with Crippen LogP contribution in [0.5, 0.6) is 17.2 Å². The van der Waals surface area contributed by atoms with Gasteiger partial charge in [0.1, 0.15) is 0 Å². The number of nitriles is 2. The molecular formula is C18H21N4O5+. The number of nitrogens with zero attached hydrogens (tertiary/aromatic N) is 2. The van der Waals surface area contributed by atoms with Crippen LogP contribution in [-0.4, -0.2) is 47.3 Å². The summed E-state index contributed by atoms with van der Waals surface area (Å²) in [6.45, 7) is 0. The number of fused-ring (bicyclic) bond motifs is 1. The number of amidine groups is 1. The van der Waals surface area contributed by atoms with Crippen molar-refractivity contribution in [1.29, 1.82) is 10.5 Å². The summed E-state index contributed by atoms with van der Waals surface area (Å²) in [4.78, 5) is 2.85. The molecule has 1 heterocycles. The van der Waals surface area contributed by atoms with E-state index in [0.29, 0.717) is 22.8 Å². The highest BCUT2D eigenvalue weighted by atomic mass is 16.7. The Hall–Kier alpha value is -3.01. The first kappa shape index (κ1) is 18.8. The second kappa shape index (κ2) is 6.02. The van der Waals surface area contributed by atoms with Crippen LogP contribution in [0.15, 0.2) is 12.1 Å². The van der Waals surface area contributed by atoms with Crippen molar-refractivity contribution in [2.24, 2.45) is 16.6 Å². The van der Waals surface area contributed by atoms with Crippen LogP contribution in [0.2, 0.25) is 0 Å². The molecule has 0 radical (unpaired) electrons. The minimum absolute atomic E-state index is 0.108. The molecule has 1 aromatic rings. The van der Waals surface area contributed by atoms with Crippen LogP contribution in [0.3, 0.4) is 0 Å². The first-order chi connectivity index (χ1) is 12.9. The Balaban J connectivity index is 2.31. The van der Waals surface area contributed by atoms with Crippen molar-refractivity contribution < 1.29 is 28.7 Å². The zero-order valence-corrected chi connectivity index (χ0v) is 15.7. The molecule has 0 bridgehead atoms. The zero-order valence-electron chi connectivity index (χ0n) is 15.7. The van der Waals surface area contributed by atoms with Crippen molar-refractivity contribution in [3.63, 3.8) is 0 Å². The summed E-state index contributed by atoms with van der Waals surface area (Å²) >= 11 is 0. The predicted octanol–water partition coefficient (Wildman–Crippen LogP) is -0.772.